The standard InChI is InChI=1S/C26H24F8N4O5S/c1-11-5-4-8-38(11)21(39)16-17(44-20(36-16)19-35-15(43-37-19)10-23(2,3)22(40)41)13-7-6-12(9-14(13)18(27)28)24(42,25(29,30)31)26(32,33)34/h6-7,9,11,18,42H,4-5,8,10H2,1-3H3,(H,40,41)/t11-/m0/s1. The molecule has 0 unspecified atom stereocenters. The Morgan fingerprint density at radius 2 is 1.75 bits per heavy atom. The van der Waals surface area contributed by atoms with E-state index in [1.165, 1.54) is 18.7 Å². The number of aliphatic carboxylic acids is 1. The van der Waals surface area contributed by atoms with Crippen LogP contribution in [0, 0.1) is 5.41 Å². The van der Waals surface area contributed by atoms with Crippen molar-refractivity contribution in [2.45, 2.75) is 70.5 Å². The number of hydrogen-bond donors (Lipinski definition) is 2. The number of benzene rings is 1. The highest BCUT2D eigenvalue weighted by Gasteiger charge is 2.71. The van der Waals surface area contributed by atoms with Crippen LogP contribution in [0.3, 0.4) is 0 Å². The van der Waals surface area contributed by atoms with Crippen LogP contribution in [0.5, 0.6) is 0 Å². The molecule has 240 valence electrons. The lowest BCUT2D eigenvalue weighted by Gasteiger charge is -2.33. The largest absolute Gasteiger partial charge is 0.481 e. The van der Waals surface area contributed by atoms with E-state index in [9.17, 15) is 54.9 Å². The van der Waals surface area contributed by atoms with Crippen LogP contribution in [0.2, 0.25) is 0 Å². The summed E-state index contributed by atoms with van der Waals surface area (Å²) in [6, 6.07) is 0.334. The number of rotatable bonds is 8. The van der Waals surface area contributed by atoms with Crippen LogP contribution in [-0.2, 0) is 16.8 Å². The Bertz CT molecular complexity index is 1550. The summed E-state index contributed by atoms with van der Waals surface area (Å²) in [5, 5.41) is 22.7. The minimum absolute atomic E-state index is 0.104. The van der Waals surface area contributed by atoms with Gasteiger partial charge in [-0.25, -0.2) is 13.8 Å². The number of carboxylic acids is 1. The zero-order chi connectivity index (χ0) is 33.0. The summed E-state index contributed by atoms with van der Waals surface area (Å²) in [7, 11) is 0. The van der Waals surface area contributed by atoms with Crippen molar-refractivity contribution < 1.29 is 59.4 Å². The molecule has 0 radical (unpaired) electrons. The van der Waals surface area contributed by atoms with Gasteiger partial charge in [0.1, 0.15) is 5.69 Å². The first-order valence-corrected chi connectivity index (χ1v) is 13.7. The molecule has 0 aliphatic carbocycles. The fourth-order valence-corrected chi connectivity index (χ4v) is 5.67. The molecule has 1 aromatic carbocycles. The molecule has 2 aromatic heterocycles. The Morgan fingerprint density at radius 1 is 1.11 bits per heavy atom. The van der Waals surface area contributed by atoms with Gasteiger partial charge in [-0.3, -0.25) is 9.59 Å². The average Bonchev–Trinajstić information content (AvgIpc) is 3.65. The van der Waals surface area contributed by atoms with Crippen molar-refractivity contribution in [3.8, 4) is 21.3 Å². The van der Waals surface area contributed by atoms with Gasteiger partial charge in [-0.2, -0.15) is 31.3 Å². The van der Waals surface area contributed by atoms with Gasteiger partial charge in [0.15, 0.2) is 5.01 Å². The van der Waals surface area contributed by atoms with Gasteiger partial charge in [0.2, 0.25) is 11.7 Å². The number of aromatic nitrogens is 3. The van der Waals surface area contributed by atoms with Crippen molar-refractivity contribution in [1.29, 1.82) is 0 Å². The number of nitrogens with zero attached hydrogens (tertiary/aromatic N) is 4. The van der Waals surface area contributed by atoms with E-state index in [-0.39, 0.29) is 52.7 Å². The summed E-state index contributed by atoms with van der Waals surface area (Å²) in [5.74, 6) is -2.32. The maximum absolute atomic E-state index is 14.3. The predicted molar refractivity (Wildman–Crippen MR) is 137 cm³/mol. The van der Waals surface area contributed by atoms with Crippen LogP contribution in [0.4, 0.5) is 35.1 Å². The van der Waals surface area contributed by atoms with E-state index in [1.54, 1.807) is 6.92 Å². The zero-order valence-electron chi connectivity index (χ0n) is 23.1. The third-order valence-corrected chi connectivity index (χ3v) is 8.33. The first-order valence-electron chi connectivity index (χ1n) is 12.9. The summed E-state index contributed by atoms with van der Waals surface area (Å²) >= 11 is 0.547. The SMILES string of the molecule is C[C@H]1CCCN1C(=O)c1nc(-c2noc(CC(C)(C)C(=O)O)n2)sc1-c1ccc(C(O)(C(F)(F)F)C(F)(F)F)cc1C(F)F. The van der Waals surface area contributed by atoms with Crippen molar-refractivity contribution in [3.63, 3.8) is 0 Å². The van der Waals surface area contributed by atoms with Crippen molar-refractivity contribution in [1.82, 2.24) is 20.0 Å². The average molecular weight is 657 g/mol. The van der Waals surface area contributed by atoms with Crippen LogP contribution < -0.4 is 0 Å². The number of alkyl halides is 8. The van der Waals surface area contributed by atoms with Gasteiger partial charge in [-0.1, -0.05) is 17.3 Å². The fraction of sp³-hybridized carbons (Fsp3) is 0.500. The van der Waals surface area contributed by atoms with E-state index in [0.29, 0.717) is 30.2 Å². The quantitative estimate of drug-likeness (QED) is 0.267. The molecule has 44 heavy (non-hydrogen) atoms. The lowest BCUT2D eigenvalue weighted by molar-refractivity contribution is -0.376. The van der Waals surface area contributed by atoms with E-state index in [2.05, 4.69) is 15.1 Å². The highest BCUT2D eigenvalue weighted by molar-refractivity contribution is 7.18. The smallest absolute Gasteiger partial charge is 0.430 e. The molecule has 1 fully saturated rings. The van der Waals surface area contributed by atoms with Gasteiger partial charge in [0.05, 0.1) is 10.3 Å². The van der Waals surface area contributed by atoms with Crippen LogP contribution in [-0.4, -0.2) is 67.1 Å². The van der Waals surface area contributed by atoms with Gasteiger partial charge in [0, 0.05) is 35.7 Å². The molecule has 1 saturated heterocycles. The second-order valence-corrected chi connectivity index (χ2v) is 11.9. The lowest BCUT2D eigenvalue weighted by atomic mass is 9.89. The molecular weight excluding hydrogens is 632 g/mol. The Kier molecular flexibility index (Phi) is 8.58. The highest BCUT2D eigenvalue weighted by Crippen LogP contribution is 2.51. The summed E-state index contributed by atoms with van der Waals surface area (Å²) in [6.07, 6.45) is -15.3. The molecule has 4 rings (SSSR count). The van der Waals surface area contributed by atoms with Crippen LogP contribution in [0.15, 0.2) is 22.7 Å². The second kappa shape index (κ2) is 11.4. The van der Waals surface area contributed by atoms with Crippen molar-refractivity contribution in [3.05, 3.63) is 40.9 Å². The lowest BCUT2D eigenvalue weighted by Crippen LogP contribution is -2.54. The second-order valence-electron chi connectivity index (χ2n) is 10.9. The van der Waals surface area contributed by atoms with E-state index < -0.39 is 64.1 Å². The molecule has 3 heterocycles. The molecule has 1 aliphatic heterocycles. The molecular formula is C26H24F8N4O5S. The fourth-order valence-electron chi connectivity index (χ4n) is 4.64. The van der Waals surface area contributed by atoms with Gasteiger partial charge in [-0.15, -0.1) is 11.3 Å². The van der Waals surface area contributed by atoms with Crippen LogP contribution in [0.25, 0.3) is 21.3 Å². The molecule has 1 aliphatic rings. The summed E-state index contributed by atoms with van der Waals surface area (Å²) in [5.41, 5.74) is -11.1. The van der Waals surface area contributed by atoms with Gasteiger partial charge >= 0.3 is 18.3 Å². The molecule has 2 N–H and O–H groups in total. The first-order chi connectivity index (χ1) is 20.2. The number of carbonyl (C=O) groups is 2. The third kappa shape index (κ3) is 5.88. The Labute approximate surface area is 247 Å². The monoisotopic (exact) mass is 656 g/mol. The minimum Gasteiger partial charge on any atom is -0.481 e. The number of aliphatic hydroxyl groups is 1. The summed E-state index contributed by atoms with van der Waals surface area (Å²) in [4.78, 5) is 34.4. The molecule has 0 saturated carbocycles. The van der Waals surface area contributed by atoms with Crippen molar-refractivity contribution in [2.24, 2.45) is 5.41 Å². The molecule has 1 atom stereocenters. The van der Waals surface area contributed by atoms with Crippen molar-refractivity contribution >= 4 is 23.2 Å². The zero-order valence-corrected chi connectivity index (χ0v) is 23.9. The topological polar surface area (TPSA) is 130 Å². The molecule has 3 aromatic rings. The number of amides is 1. The molecule has 18 heteroatoms. The van der Waals surface area contributed by atoms with E-state index in [4.69, 9.17) is 4.52 Å². The Morgan fingerprint density at radius 3 is 2.27 bits per heavy atom. The van der Waals surface area contributed by atoms with Crippen LogP contribution >= 0.6 is 11.3 Å². The number of halogens is 8. The summed E-state index contributed by atoms with van der Waals surface area (Å²) < 4.78 is 115. The molecule has 9 nitrogen and oxygen atoms in total. The first kappa shape index (κ1) is 33.2. The number of hydrogen-bond acceptors (Lipinski definition) is 8. The number of likely N-dealkylation sites (tertiary alicyclic amines) is 1. The van der Waals surface area contributed by atoms with Crippen molar-refractivity contribution in [2.75, 3.05) is 6.54 Å². The molecule has 0 bridgehead atoms. The predicted octanol–water partition coefficient (Wildman–Crippen LogP) is 6.39. The third-order valence-electron chi connectivity index (χ3n) is 7.24. The van der Waals surface area contributed by atoms with Gasteiger partial charge < -0.3 is 19.6 Å². The van der Waals surface area contributed by atoms with E-state index in [0.717, 1.165) is 0 Å². The maximum Gasteiger partial charge on any atom is 0.430 e. The van der Waals surface area contributed by atoms with E-state index >= 15 is 0 Å². The number of carbonyl (C=O) groups excluding carboxylic acids is 1. The molecule has 1 amide bonds. The number of carboxylic acid groups (broad SMARTS) is 1. The van der Waals surface area contributed by atoms with E-state index in [1.807, 2.05) is 0 Å². The van der Waals surface area contributed by atoms with Gasteiger partial charge in [0.25, 0.3) is 17.9 Å². The minimum atomic E-state index is -6.32. The molecule has 0 spiro atoms. The van der Waals surface area contributed by atoms with Gasteiger partial charge in [-0.05, 0) is 39.7 Å². The Hall–Kier alpha value is -3.67. The van der Waals surface area contributed by atoms with Crippen LogP contribution in [0.1, 0.15) is 67.5 Å². The highest BCUT2D eigenvalue weighted by atomic mass is 32.1. The summed E-state index contributed by atoms with van der Waals surface area (Å²) in [6.45, 7) is 4.78. The normalized spacial score (nSPS) is 16.7. The number of thiazole rings is 1. The Balaban J connectivity index is 1.89. The maximum atomic E-state index is 14.3.